The number of carboxylic acids is 1. The lowest BCUT2D eigenvalue weighted by Gasteiger charge is -1.97. The second-order valence-corrected chi connectivity index (χ2v) is 4.21. The van der Waals surface area contributed by atoms with Gasteiger partial charge >= 0.3 is 5.97 Å². The number of carboxylic acid groups (broad SMARTS) is 1. The summed E-state index contributed by atoms with van der Waals surface area (Å²) in [5, 5.41) is 15.4. The van der Waals surface area contributed by atoms with Crippen molar-refractivity contribution in [2.45, 2.75) is 0 Å². The Morgan fingerprint density at radius 1 is 1.44 bits per heavy atom. The standard InChI is InChI=1S/C9H6N6O2S/c10-6-4-1-13-15(7(4)12-3-11-6)9-14-5(2-18-9)8(16)17/h1-3H,(H,16,17)(H2,10,11,12). The average Bonchev–Trinajstić information content (AvgIpc) is 2.94. The lowest BCUT2D eigenvalue weighted by molar-refractivity contribution is 0.0691. The average molecular weight is 262 g/mol. The molecule has 0 amide bonds. The highest BCUT2D eigenvalue weighted by atomic mass is 32.1. The van der Waals surface area contributed by atoms with Crippen LogP contribution in [0, 0.1) is 0 Å². The van der Waals surface area contributed by atoms with Crippen molar-refractivity contribution in [1.82, 2.24) is 24.7 Å². The minimum atomic E-state index is -1.08. The third-order valence-electron chi connectivity index (χ3n) is 2.29. The normalized spacial score (nSPS) is 10.9. The van der Waals surface area contributed by atoms with Crippen LogP contribution < -0.4 is 5.73 Å². The smallest absolute Gasteiger partial charge is 0.355 e. The highest BCUT2D eigenvalue weighted by molar-refractivity contribution is 7.12. The van der Waals surface area contributed by atoms with Gasteiger partial charge in [0.1, 0.15) is 12.1 Å². The van der Waals surface area contributed by atoms with Crippen molar-refractivity contribution in [1.29, 1.82) is 0 Å². The fourth-order valence-electron chi connectivity index (χ4n) is 1.46. The van der Waals surface area contributed by atoms with E-state index in [2.05, 4.69) is 20.1 Å². The van der Waals surface area contributed by atoms with Gasteiger partial charge in [0.2, 0.25) is 5.13 Å². The molecule has 0 aromatic carbocycles. The van der Waals surface area contributed by atoms with E-state index in [1.54, 1.807) is 0 Å². The van der Waals surface area contributed by atoms with Crippen molar-refractivity contribution in [2.75, 3.05) is 5.73 Å². The predicted octanol–water partition coefficient (Wildman–Crippen LogP) is 0.552. The third kappa shape index (κ3) is 1.49. The molecule has 8 nitrogen and oxygen atoms in total. The Morgan fingerprint density at radius 2 is 2.28 bits per heavy atom. The fraction of sp³-hybridized carbons (Fsp3) is 0. The van der Waals surface area contributed by atoms with Crippen molar-refractivity contribution in [3.05, 3.63) is 23.6 Å². The topological polar surface area (TPSA) is 120 Å². The zero-order valence-corrected chi connectivity index (χ0v) is 9.63. The molecule has 0 aliphatic rings. The summed E-state index contributed by atoms with van der Waals surface area (Å²) in [7, 11) is 0. The largest absolute Gasteiger partial charge is 0.476 e. The van der Waals surface area contributed by atoms with E-state index in [1.807, 2.05) is 0 Å². The number of aromatic carboxylic acids is 1. The van der Waals surface area contributed by atoms with Crippen LogP contribution in [0.4, 0.5) is 5.82 Å². The molecule has 0 aliphatic heterocycles. The summed E-state index contributed by atoms with van der Waals surface area (Å²) in [6, 6.07) is 0. The molecular formula is C9H6N6O2S. The van der Waals surface area contributed by atoms with E-state index in [-0.39, 0.29) is 5.69 Å². The van der Waals surface area contributed by atoms with Gasteiger partial charge in [-0.1, -0.05) is 0 Å². The fourth-order valence-corrected chi connectivity index (χ4v) is 2.22. The van der Waals surface area contributed by atoms with Crippen LogP contribution in [0.15, 0.2) is 17.9 Å². The Labute approximate surface area is 104 Å². The Morgan fingerprint density at radius 3 is 3.00 bits per heavy atom. The number of nitrogens with two attached hydrogens (primary N) is 1. The molecule has 9 heteroatoms. The number of hydrogen-bond donors (Lipinski definition) is 2. The molecule has 90 valence electrons. The van der Waals surface area contributed by atoms with E-state index in [1.165, 1.54) is 22.6 Å². The molecule has 0 spiro atoms. The third-order valence-corrected chi connectivity index (χ3v) is 3.11. The van der Waals surface area contributed by atoms with Crippen LogP contribution in [0.5, 0.6) is 0 Å². The number of fused-ring (bicyclic) bond motifs is 1. The molecule has 3 N–H and O–H groups in total. The van der Waals surface area contributed by atoms with E-state index < -0.39 is 5.97 Å². The van der Waals surface area contributed by atoms with E-state index in [4.69, 9.17) is 10.8 Å². The maximum Gasteiger partial charge on any atom is 0.355 e. The van der Waals surface area contributed by atoms with E-state index in [0.29, 0.717) is 22.0 Å². The molecular weight excluding hydrogens is 256 g/mol. The summed E-state index contributed by atoms with van der Waals surface area (Å²) < 4.78 is 1.44. The maximum absolute atomic E-state index is 10.8. The number of aromatic nitrogens is 5. The molecule has 0 atom stereocenters. The minimum absolute atomic E-state index is 0.0271. The SMILES string of the molecule is Nc1ncnc2c1cnn2-c1nc(C(=O)O)cs1. The Kier molecular flexibility index (Phi) is 2.20. The summed E-state index contributed by atoms with van der Waals surface area (Å²) in [4.78, 5) is 22.6. The van der Waals surface area contributed by atoms with Gasteiger partial charge in [-0.05, 0) is 0 Å². The van der Waals surface area contributed by atoms with Crippen LogP contribution in [-0.2, 0) is 0 Å². The Hall–Kier alpha value is -2.55. The van der Waals surface area contributed by atoms with Gasteiger partial charge in [0.15, 0.2) is 11.3 Å². The summed E-state index contributed by atoms with van der Waals surface area (Å²) in [5.74, 6) is -0.760. The van der Waals surface area contributed by atoms with Crippen molar-refractivity contribution in [3.63, 3.8) is 0 Å². The number of rotatable bonds is 2. The number of thiazole rings is 1. The maximum atomic E-state index is 10.8. The van der Waals surface area contributed by atoms with Crippen LogP contribution in [0.1, 0.15) is 10.5 Å². The first kappa shape index (κ1) is 10.6. The van der Waals surface area contributed by atoms with Gasteiger partial charge in [0.25, 0.3) is 0 Å². The van der Waals surface area contributed by atoms with Crippen molar-refractivity contribution in [3.8, 4) is 5.13 Å². The van der Waals surface area contributed by atoms with Crippen molar-refractivity contribution < 1.29 is 9.90 Å². The summed E-state index contributed by atoms with van der Waals surface area (Å²) in [5.41, 5.74) is 6.15. The van der Waals surface area contributed by atoms with E-state index in [0.717, 1.165) is 11.3 Å². The molecule has 0 unspecified atom stereocenters. The second-order valence-electron chi connectivity index (χ2n) is 3.37. The summed E-state index contributed by atoms with van der Waals surface area (Å²) in [6.45, 7) is 0. The van der Waals surface area contributed by atoms with Crippen LogP contribution in [0.25, 0.3) is 16.2 Å². The summed E-state index contributed by atoms with van der Waals surface area (Å²) in [6.07, 6.45) is 2.84. The van der Waals surface area contributed by atoms with Gasteiger partial charge < -0.3 is 10.8 Å². The number of nitrogens with zero attached hydrogens (tertiary/aromatic N) is 5. The van der Waals surface area contributed by atoms with Crippen LogP contribution >= 0.6 is 11.3 Å². The molecule has 0 saturated carbocycles. The summed E-state index contributed by atoms with van der Waals surface area (Å²) >= 11 is 1.16. The monoisotopic (exact) mass is 262 g/mol. The molecule has 0 bridgehead atoms. The molecule has 3 aromatic heterocycles. The molecule has 0 radical (unpaired) electrons. The minimum Gasteiger partial charge on any atom is -0.476 e. The molecule has 3 heterocycles. The van der Waals surface area contributed by atoms with Crippen LogP contribution in [0.2, 0.25) is 0 Å². The quantitative estimate of drug-likeness (QED) is 0.691. The second kappa shape index (κ2) is 3.74. The highest BCUT2D eigenvalue weighted by Crippen LogP contribution is 2.21. The van der Waals surface area contributed by atoms with Gasteiger partial charge in [0, 0.05) is 5.38 Å². The molecule has 0 saturated heterocycles. The van der Waals surface area contributed by atoms with Gasteiger partial charge in [-0.2, -0.15) is 9.78 Å². The molecule has 18 heavy (non-hydrogen) atoms. The first-order chi connectivity index (χ1) is 8.66. The van der Waals surface area contributed by atoms with Gasteiger partial charge in [-0.15, -0.1) is 11.3 Å². The first-order valence-electron chi connectivity index (χ1n) is 4.80. The molecule has 0 fully saturated rings. The molecule has 3 aromatic rings. The Bertz CT molecular complexity index is 748. The lowest BCUT2D eigenvalue weighted by Crippen LogP contribution is -2.01. The van der Waals surface area contributed by atoms with Crippen molar-refractivity contribution >= 4 is 34.2 Å². The zero-order valence-electron chi connectivity index (χ0n) is 8.81. The Balaban J connectivity index is 2.19. The lowest BCUT2D eigenvalue weighted by atomic mass is 10.4. The highest BCUT2D eigenvalue weighted by Gasteiger charge is 2.14. The zero-order chi connectivity index (χ0) is 12.7. The van der Waals surface area contributed by atoms with Gasteiger partial charge in [0.05, 0.1) is 11.6 Å². The molecule has 0 aliphatic carbocycles. The molecule has 3 rings (SSSR count). The number of carbonyl (C=O) groups is 1. The van der Waals surface area contributed by atoms with Crippen LogP contribution in [-0.4, -0.2) is 35.8 Å². The number of hydrogen-bond acceptors (Lipinski definition) is 7. The van der Waals surface area contributed by atoms with Gasteiger partial charge in [-0.3, -0.25) is 0 Å². The van der Waals surface area contributed by atoms with E-state index in [9.17, 15) is 4.79 Å². The predicted molar refractivity (Wildman–Crippen MR) is 63.7 cm³/mol. The van der Waals surface area contributed by atoms with Crippen molar-refractivity contribution in [2.24, 2.45) is 0 Å². The van der Waals surface area contributed by atoms with E-state index >= 15 is 0 Å². The number of anilines is 1. The van der Waals surface area contributed by atoms with Crippen LogP contribution in [0.3, 0.4) is 0 Å². The van der Waals surface area contributed by atoms with Gasteiger partial charge in [-0.25, -0.2) is 19.7 Å². The first-order valence-corrected chi connectivity index (χ1v) is 5.68. The number of nitrogen functional groups attached to an aromatic ring is 1.